The topological polar surface area (TPSA) is 54.7 Å². The molecule has 0 amide bonds. The summed E-state index contributed by atoms with van der Waals surface area (Å²) in [6, 6.07) is 22.3. The summed E-state index contributed by atoms with van der Waals surface area (Å²) in [7, 11) is 2.18. The van der Waals surface area contributed by atoms with Crippen LogP contribution in [0.2, 0.25) is 5.02 Å². The summed E-state index contributed by atoms with van der Waals surface area (Å²) < 4.78 is 18.1. The second kappa shape index (κ2) is 10.9. The van der Waals surface area contributed by atoms with E-state index in [0.29, 0.717) is 30.4 Å². The Bertz CT molecular complexity index is 1250. The summed E-state index contributed by atoms with van der Waals surface area (Å²) in [6.07, 6.45) is 3.85. The molecule has 0 bridgehead atoms. The molecule has 0 radical (unpaired) electrons. The number of hydrogen-bond acceptors (Lipinski definition) is 5. The summed E-state index contributed by atoms with van der Waals surface area (Å²) in [4.78, 5) is 2.39. The molecular weight excluding hydrogens is 472 g/mol. The lowest BCUT2D eigenvalue weighted by molar-refractivity contribution is -0.0142. The van der Waals surface area contributed by atoms with Gasteiger partial charge in [-0.05, 0) is 98.4 Å². The van der Waals surface area contributed by atoms with Gasteiger partial charge in [-0.3, -0.25) is 0 Å². The molecule has 5 nitrogen and oxygen atoms in total. The molecule has 0 saturated heterocycles. The van der Waals surface area contributed by atoms with E-state index in [9.17, 15) is 5.26 Å². The van der Waals surface area contributed by atoms with Gasteiger partial charge in [-0.1, -0.05) is 41.9 Å². The molecule has 0 aromatic heterocycles. The Labute approximate surface area is 218 Å². The predicted molar refractivity (Wildman–Crippen MR) is 141 cm³/mol. The van der Waals surface area contributed by atoms with Crippen LogP contribution in [0, 0.1) is 11.3 Å². The van der Waals surface area contributed by atoms with Crippen LogP contribution in [0.15, 0.2) is 60.7 Å². The van der Waals surface area contributed by atoms with Crippen molar-refractivity contribution in [3.8, 4) is 17.6 Å². The monoisotopic (exact) mass is 502 g/mol. The van der Waals surface area contributed by atoms with Crippen molar-refractivity contribution in [2.45, 2.75) is 37.9 Å². The van der Waals surface area contributed by atoms with Gasteiger partial charge in [0.15, 0.2) is 11.5 Å². The van der Waals surface area contributed by atoms with Gasteiger partial charge in [-0.2, -0.15) is 5.26 Å². The van der Waals surface area contributed by atoms with Crippen LogP contribution in [-0.4, -0.2) is 38.3 Å². The Morgan fingerprint density at radius 3 is 2.64 bits per heavy atom. The van der Waals surface area contributed by atoms with Crippen molar-refractivity contribution in [3.63, 3.8) is 0 Å². The molecule has 0 saturated carbocycles. The summed E-state index contributed by atoms with van der Waals surface area (Å²) in [6.45, 7) is 3.71. The minimum Gasteiger partial charge on any atom is -0.486 e. The molecular formula is C30H31ClN2O3. The molecule has 6 heteroatoms. The lowest BCUT2D eigenvalue weighted by Crippen LogP contribution is -2.29. The number of hydrogen-bond donors (Lipinski definition) is 0. The zero-order chi connectivity index (χ0) is 25.0. The summed E-state index contributed by atoms with van der Waals surface area (Å²) in [5, 5.41) is 10.0. The lowest BCUT2D eigenvalue weighted by Gasteiger charge is -2.31. The highest BCUT2D eigenvalue weighted by Gasteiger charge is 2.41. The normalized spacial score (nSPS) is 18.2. The van der Waals surface area contributed by atoms with Crippen LogP contribution >= 0.6 is 11.6 Å². The van der Waals surface area contributed by atoms with E-state index < -0.39 is 5.60 Å². The first-order chi connectivity index (χ1) is 17.6. The molecule has 0 N–H and O–H groups in total. The van der Waals surface area contributed by atoms with E-state index in [0.717, 1.165) is 67.0 Å². The highest BCUT2D eigenvalue weighted by atomic mass is 35.5. The van der Waals surface area contributed by atoms with Crippen molar-refractivity contribution in [2.24, 2.45) is 0 Å². The van der Waals surface area contributed by atoms with Crippen molar-refractivity contribution in [2.75, 3.05) is 33.4 Å². The number of para-hydroxylation sites is 1. The molecule has 2 aliphatic heterocycles. The Morgan fingerprint density at radius 2 is 1.81 bits per heavy atom. The Hall–Kier alpha value is -3.04. The maximum absolute atomic E-state index is 9.33. The van der Waals surface area contributed by atoms with Gasteiger partial charge < -0.3 is 19.1 Å². The number of nitriles is 1. The number of nitrogens with zero attached hydrogens (tertiary/aromatic N) is 2. The Morgan fingerprint density at radius 1 is 1.00 bits per heavy atom. The van der Waals surface area contributed by atoms with Crippen LogP contribution in [0.4, 0.5) is 0 Å². The molecule has 3 aromatic carbocycles. The molecule has 0 aliphatic carbocycles. The molecule has 186 valence electrons. The van der Waals surface area contributed by atoms with E-state index in [1.165, 1.54) is 5.56 Å². The largest absolute Gasteiger partial charge is 0.486 e. The minimum absolute atomic E-state index is 0.510. The standard InChI is InChI=1S/C30H31ClN2O3/c1-33(15-3-6-23-5-2-7-28-29(23)35-18-17-34-28)16-4-14-30(25-9-11-26(31)12-10-25)27-13-8-22(20-32)19-24(27)21-36-30/h2,5,7-13,19H,3-4,6,14-18,21H2,1H3. The molecule has 3 aromatic rings. The number of ether oxygens (including phenoxy) is 3. The zero-order valence-electron chi connectivity index (χ0n) is 20.6. The highest BCUT2D eigenvalue weighted by molar-refractivity contribution is 6.30. The third-order valence-electron chi connectivity index (χ3n) is 7.16. The van der Waals surface area contributed by atoms with Gasteiger partial charge in [0.05, 0.1) is 18.2 Å². The van der Waals surface area contributed by atoms with Crippen LogP contribution < -0.4 is 9.47 Å². The van der Waals surface area contributed by atoms with Crippen molar-refractivity contribution in [1.29, 1.82) is 5.26 Å². The fourth-order valence-corrected chi connectivity index (χ4v) is 5.47. The lowest BCUT2D eigenvalue weighted by atomic mass is 9.81. The van der Waals surface area contributed by atoms with E-state index >= 15 is 0 Å². The van der Waals surface area contributed by atoms with E-state index in [1.54, 1.807) is 0 Å². The van der Waals surface area contributed by atoms with Gasteiger partial charge in [0.1, 0.15) is 18.8 Å². The van der Waals surface area contributed by atoms with Crippen molar-refractivity contribution < 1.29 is 14.2 Å². The maximum atomic E-state index is 9.33. The number of halogens is 1. The first-order valence-corrected chi connectivity index (χ1v) is 13.0. The third kappa shape index (κ3) is 5.08. The van der Waals surface area contributed by atoms with Gasteiger partial charge in [0, 0.05) is 5.02 Å². The molecule has 1 unspecified atom stereocenters. The van der Waals surface area contributed by atoms with E-state index in [-0.39, 0.29) is 0 Å². The van der Waals surface area contributed by atoms with Crippen molar-refractivity contribution >= 4 is 11.6 Å². The quantitative estimate of drug-likeness (QED) is 0.354. The SMILES string of the molecule is CN(CCCc1cccc2c1OCCO2)CCCC1(c2ccc(Cl)cc2)OCc2cc(C#N)ccc21. The number of aryl methyl sites for hydroxylation is 1. The number of fused-ring (bicyclic) bond motifs is 2. The first-order valence-electron chi connectivity index (χ1n) is 12.6. The van der Waals surface area contributed by atoms with Gasteiger partial charge in [0.25, 0.3) is 0 Å². The van der Waals surface area contributed by atoms with Gasteiger partial charge in [0.2, 0.25) is 0 Å². The molecule has 5 rings (SSSR count). The summed E-state index contributed by atoms with van der Waals surface area (Å²) in [5.41, 5.74) is 4.72. The Balaban J connectivity index is 1.22. The Kier molecular flexibility index (Phi) is 7.48. The fourth-order valence-electron chi connectivity index (χ4n) is 5.34. The van der Waals surface area contributed by atoms with Gasteiger partial charge in [-0.15, -0.1) is 0 Å². The third-order valence-corrected chi connectivity index (χ3v) is 7.41. The summed E-state index contributed by atoms with van der Waals surface area (Å²) >= 11 is 6.18. The first kappa shape index (κ1) is 24.6. The second-order valence-corrected chi connectivity index (χ2v) is 9.99. The van der Waals surface area contributed by atoms with Gasteiger partial charge >= 0.3 is 0 Å². The highest BCUT2D eigenvalue weighted by Crippen LogP contribution is 2.45. The number of rotatable bonds is 9. The molecule has 0 fully saturated rings. The van der Waals surface area contributed by atoms with E-state index in [2.05, 4.69) is 42.3 Å². The fraction of sp³-hybridized carbons (Fsp3) is 0.367. The van der Waals surface area contributed by atoms with E-state index in [4.69, 9.17) is 25.8 Å². The van der Waals surface area contributed by atoms with Crippen LogP contribution in [0.5, 0.6) is 11.5 Å². The smallest absolute Gasteiger partial charge is 0.164 e. The molecule has 0 spiro atoms. The van der Waals surface area contributed by atoms with Crippen LogP contribution in [0.25, 0.3) is 0 Å². The van der Waals surface area contributed by atoms with Crippen LogP contribution in [0.1, 0.15) is 47.1 Å². The second-order valence-electron chi connectivity index (χ2n) is 9.56. The minimum atomic E-state index is -0.519. The predicted octanol–water partition coefficient (Wildman–Crippen LogP) is 6.10. The van der Waals surface area contributed by atoms with Crippen LogP contribution in [-0.2, 0) is 23.4 Å². The molecule has 2 aliphatic rings. The number of benzene rings is 3. The average molecular weight is 503 g/mol. The van der Waals surface area contributed by atoms with E-state index in [1.807, 2.05) is 36.4 Å². The van der Waals surface area contributed by atoms with Crippen molar-refractivity contribution in [3.05, 3.63) is 93.5 Å². The summed E-state index contributed by atoms with van der Waals surface area (Å²) in [5.74, 6) is 1.77. The maximum Gasteiger partial charge on any atom is 0.164 e. The van der Waals surface area contributed by atoms with Gasteiger partial charge in [-0.25, -0.2) is 0 Å². The average Bonchev–Trinajstić information content (AvgIpc) is 3.28. The van der Waals surface area contributed by atoms with Crippen molar-refractivity contribution in [1.82, 2.24) is 4.90 Å². The zero-order valence-corrected chi connectivity index (χ0v) is 21.4. The molecule has 36 heavy (non-hydrogen) atoms. The molecule has 2 heterocycles. The molecule has 1 atom stereocenters. The van der Waals surface area contributed by atoms with Crippen LogP contribution in [0.3, 0.4) is 0 Å².